The first kappa shape index (κ1) is 8.12. The number of likely N-dealkylation sites (tertiary alicyclic amines) is 1. The summed E-state index contributed by atoms with van der Waals surface area (Å²) in [5, 5.41) is 3.61. The summed E-state index contributed by atoms with van der Waals surface area (Å²) >= 11 is 0. The lowest BCUT2D eigenvalue weighted by molar-refractivity contribution is 0.114. The molecule has 4 aliphatic rings. The molecule has 2 nitrogen and oxygen atoms in total. The smallest absolute Gasteiger partial charge is 0.0239 e. The first-order valence-electron chi connectivity index (χ1n) is 6.39. The van der Waals surface area contributed by atoms with Crippen LogP contribution in [-0.4, -0.2) is 36.1 Å². The standard InChI is InChI=1S/C12H20N2/c1-2-9-3-8(1)4-12(9)14-7-10-5-11(14)6-13-10/h8-13H,1-7H2/t8?,9?,10-,11?,12?/m1/s1. The van der Waals surface area contributed by atoms with Crippen molar-refractivity contribution in [2.75, 3.05) is 13.1 Å². The zero-order chi connectivity index (χ0) is 9.12. The van der Waals surface area contributed by atoms with E-state index in [-0.39, 0.29) is 0 Å². The molecule has 2 aliphatic heterocycles. The summed E-state index contributed by atoms with van der Waals surface area (Å²) in [5.41, 5.74) is 0. The molecule has 0 radical (unpaired) electrons. The van der Waals surface area contributed by atoms with Gasteiger partial charge in [-0.3, -0.25) is 4.90 Å². The van der Waals surface area contributed by atoms with E-state index in [1.807, 2.05) is 0 Å². The first-order valence-corrected chi connectivity index (χ1v) is 6.39. The molecular weight excluding hydrogens is 172 g/mol. The molecule has 1 N–H and O–H groups in total. The molecule has 2 heterocycles. The Labute approximate surface area is 86.0 Å². The van der Waals surface area contributed by atoms with E-state index >= 15 is 0 Å². The molecule has 0 aromatic carbocycles. The molecule has 2 aliphatic carbocycles. The molecule has 0 aromatic rings. The average molecular weight is 192 g/mol. The predicted octanol–water partition coefficient (Wildman–Crippen LogP) is 1.22. The molecule has 4 rings (SSSR count). The molecule has 4 bridgehead atoms. The first-order chi connectivity index (χ1) is 6.90. The van der Waals surface area contributed by atoms with Crippen LogP contribution in [-0.2, 0) is 0 Å². The van der Waals surface area contributed by atoms with Crippen LogP contribution in [0.1, 0.15) is 32.1 Å². The highest BCUT2D eigenvalue weighted by Gasteiger charge is 2.48. The Bertz CT molecular complexity index is 227. The fraction of sp³-hybridized carbons (Fsp3) is 1.00. The number of nitrogens with one attached hydrogen (secondary N) is 1. The van der Waals surface area contributed by atoms with E-state index in [0.717, 1.165) is 30.0 Å². The monoisotopic (exact) mass is 192 g/mol. The highest BCUT2D eigenvalue weighted by atomic mass is 15.3. The molecule has 0 amide bonds. The van der Waals surface area contributed by atoms with Gasteiger partial charge in [-0.2, -0.15) is 0 Å². The lowest BCUT2D eigenvalue weighted by Crippen LogP contribution is -2.50. The largest absolute Gasteiger partial charge is 0.311 e. The van der Waals surface area contributed by atoms with Crippen LogP contribution in [0.15, 0.2) is 0 Å². The highest BCUT2D eigenvalue weighted by molar-refractivity contribution is 5.04. The lowest BCUT2D eigenvalue weighted by Gasteiger charge is -2.37. The Morgan fingerprint density at radius 3 is 2.64 bits per heavy atom. The van der Waals surface area contributed by atoms with Gasteiger partial charge in [-0.15, -0.1) is 0 Å². The summed E-state index contributed by atoms with van der Waals surface area (Å²) in [6.45, 7) is 2.64. The Hall–Kier alpha value is -0.0800. The van der Waals surface area contributed by atoms with Gasteiger partial charge in [0.2, 0.25) is 0 Å². The summed E-state index contributed by atoms with van der Waals surface area (Å²) in [5.74, 6) is 2.19. The number of nitrogens with zero attached hydrogens (tertiary/aromatic N) is 1. The molecule has 2 heteroatoms. The van der Waals surface area contributed by atoms with Crippen molar-refractivity contribution in [2.24, 2.45) is 11.8 Å². The molecule has 0 aromatic heterocycles. The van der Waals surface area contributed by atoms with Crippen molar-refractivity contribution < 1.29 is 0 Å². The predicted molar refractivity (Wildman–Crippen MR) is 56.1 cm³/mol. The number of rotatable bonds is 1. The fourth-order valence-electron chi connectivity index (χ4n) is 4.62. The Balaban J connectivity index is 1.54. The van der Waals surface area contributed by atoms with E-state index < -0.39 is 0 Å². The third-order valence-corrected chi connectivity index (χ3v) is 5.23. The van der Waals surface area contributed by atoms with Crippen molar-refractivity contribution in [3.05, 3.63) is 0 Å². The van der Waals surface area contributed by atoms with Gasteiger partial charge in [0.1, 0.15) is 0 Å². The summed E-state index contributed by atoms with van der Waals surface area (Å²) in [6.07, 6.45) is 7.62. The van der Waals surface area contributed by atoms with E-state index in [0.29, 0.717) is 0 Å². The summed E-state index contributed by atoms with van der Waals surface area (Å²) < 4.78 is 0. The quantitative estimate of drug-likeness (QED) is 0.672. The van der Waals surface area contributed by atoms with Crippen molar-refractivity contribution in [1.29, 1.82) is 0 Å². The maximum absolute atomic E-state index is 3.61. The maximum atomic E-state index is 3.61. The summed E-state index contributed by atoms with van der Waals surface area (Å²) in [7, 11) is 0. The Morgan fingerprint density at radius 1 is 1.07 bits per heavy atom. The van der Waals surface area contributed by atoms with E-state index in [9.17, 15) is 0 Å². The van der Waals surface area contributed by atoms with Crippen molar-refractivity contribution >= 4 is 0 Å². The van der Waals surface area contributed by atoms with Gasteiger partial charge >= 0.3 is 0 Å². The van der Waals surface area contributed by atoms with Crippen LogP contribution in [0.25, 0.3) is 0 Å². The van der Waals surface area contributed by atoms with E-state index in [4.69, 9.17) is 0 Å². The van der Waals surface area contributed by atoms with Gasteiger partial charge in [-0.25, -0.2) is 0 Å². The van der Waals surface area contributed by atoms with Gasteiger partial charge in [0.05, 0.1) is 0 Å². The van der Waals surface area contributed by atoms with E-state index in [1.54, 1.807) is 12.8 Å². The number of piperazine rings is 1. The fourth-order valence-corrected chi connectivity index (χ4v) is 4.62. The third-order valence-electron chi connectivity index (χ3n) is 5.23. The Kier molecular flexibility index (Phi) is 1.58. The number of hydrogen-bond acceptors (Lipinski definition) is 2. The molecule has 0 spiro atoms. The second-order valence-electron chi connectivity index (χ2n) is 5.93. The van der Waals surface area contributed by atoms with Gasteiger partial charge in [0.15, 0.2) is 0 Å². The molecular formula is C12H20N2. The van der Waals surface area contributed by atoms with Crippen LogP contribution in [0, 0.1) is 11.8 Å². The highest BCUT2D eigenvalue weighted by Crippen LogP contribution is 2.48. The number of hydrogen-bond donors (Lipinski definition) is 1. The van der Waals surface area contributed by atoms with Crippen LogP contribution in [0.4, 0.5) is 0 Å². The van der Waals surface area contributed by atoms with Gasteiger partial charge in [-0.05, 0) is 37.5 Å². The van der Waals surface area contributed by atoms with Gasteiger partial charge < -0.3 is 5.32 Å². The minimum absolute atomic E-state index is 0.846. The van der Waals surface area contributed by atoms with Crippen LogP contribution >= 0.6 is 0 Å². The van der Waals surface area contributed by atoms with Crippen LogP contribution in [0.3, 0.4) is 0 Å². The average Bonchev–Trinajstić information content (AvgIpc) is 2.96. The van der Waals surface area contributed by atoms with Gasteiger partial charge in [0.25, 0.3) is 0 Å². The maximum Gasteiger partial charge on any atom is 0.0239 e. The zero-order valence-corrected chi connectivity index (χ0v) is 8.78. The normalized spacial score (nSPS) is 56.1. The summed E-state index contributed by atoms with van der Waals surface area (Å²) in [4.78, 5) is 2.87. The third kappa shape index (κ3) is 0.989. The second kappa shape index (κ2) is 2.73. The zero-order valence-electron chi connectivity index (χ0n) is 8.78. The van der Waals surface area contributed by atoms with Gasteiger partial charge in [0, 0.05) is 31.2 Å². The molecule has 4 unspecified atom stereocenters. The van der Waals surface area contributed by atoms with E-state index in [2.05, 4.69) is 10.2 Å². The lowest BCUT2D eigenvalue weighted by atomic mass is 9.93. The van der Waals surface area contributed by atoms with Crippen LogP contribution in [0.5, 0.6) is 0 Å². The molecule has 2 saturated carbocycles. The minimum atomic E-state index is 0.846. The molecule has 4 fully saturated rings. The molecule has 2 saturated heterocycles. The SMILES string of the molecule is C1CC2CC1CC2N1C[C@H]2CC1CN2. The Morgan fingerprint density at radius 2 is 2.07 bits per heavy atom. The van der Waals surface area contributed by atoms with Crippen molar-refractivity contribution in [3.8, 4) is 0 Å². The van der Waals surface area contributed by atoms with Crippen LogP contribution in [0.2, 0.25) is 0 Å². The minimum Gasteiger partial charge on any atom is -0.311 e. The molecule has 78 valence electrons. The van der Waals surface area contributed by atoms with Crippen molar-refractivity contribution in [1.82, 2.24) is 10.2 Å². The topological polar surface area (TPSA) is 15.3 Å². The van der Waals surface area contributed by atoms with Gasteiger partial charge in [-0.1, -0.05) is 6.42 Å². The van der Waals surface area contributed by atoms with Crippen molar-refractivity contribution in [3.63, 3.8) is 0 Å². The van der Waals surface area contributed by atoms with E-state index in [1.165, 1.54) is 32.4 Å². The number of fused-ring (bicyclic) bond motifs is 4. The summed E-state index contributed by atoms with van der Waals surface area (Å²) in [6, 6.07) is 2.74. The van der Waals surface area contributed by atoms with Crippen LogP contribution < -0.4 is 5.32 Å². The van der Waals surface area contributed by atoms with Crippen molar-refractivity contribution in [2.45, 2.75) is 50.2 Å². The molecule has 5 atom stereocenters. The second-order valence-corrected chi connectivity index (χ2v) is 5.93. The molecule has 14 heavy (non-hydrogen) atoms.